The summed E-state index contributed by atoms with van der Waals surface area (Å²) in [5.41, 5.74) is -1.82. The minimum Gasteiger partial charge on any atom is -0.744 e. The van der Waals surface area contributed by atoms with Crippen LogP contribution in [0.5, 0.6) is 0 Å². The second kappa shape index (κ2) is 20.9. The SMILES string of the molecule is O=C(Nc1cc(S(=O)(=O)[O-])cc2c1C(=O)/C(=N/Nc1ccc3cc(S(=O)(=O)CCOS(=O)(=O)[O-])ccc3c1S(=O)(=O)[O-])C(S(=O)(=O)[O-])=C2)c1ccccc1.[Na+].[Na+].[Na+].[Na+]. The molecule has 1 amide bonds. The van der Waals surface area contributed by atoms with Crippen molar-refractivity contribution < 1.29 is 192 Å². The Morgan fingerprint density at radius 3 is 1.86 bits per heavy atom. The molecule has 4 aromatic rings. The van der Waals surface area contributed by atoms with Gasteiger partial charge in [0.2, 0.25) is 16.2 Å². The molecule has 0 bridgehead atoms. The molecule has 2 N–H and O–H groups in total. The molecule has 0 fully saturated rings. The van der Waals surface area contributed by atoms with Gasteiger partial charge in [0.15, 0.2) is 9.84 Å². The number of nitrogens with one attached hydrogen (secondary N) is 2. The number of amides is 1. The zero-order valence-electron chi connectivity index (χ0n) is 30.3. The van der Waals surface area contributed by atoms with Gasteiger partial charge in [0.1, 0.15) is 36.1 Å². The van der Waals surface area contributed by atoms with Gasteiger partial charge in [-0.1, -0.05) is 30.3 Å². The van der Waals surface area contributed by atoms with Crippen LogP contribution < -0.4 is 129 Å². The fourth-order valence-electron chi connectivity index (χ4n) is 5.08. The third-order valence-electron chi connectivity index (χ3n) is 7.37. The van der Waals surface area contributed by atoms with E-state index in [1.807, 2.05) is 5.43 Å². The molecule has 0 saturated heterocycles. The second-order valence-corrected chi connectivity index (χ2v) is 18.1. The zero-order chi connectivity index (χ0) is 40.0. The first-order chi connectivity index (χ1) is 24.9. The number of anilines is 2. The van der Waals surface area contributed by atoms with E-state index in [-0.39, 0.29) is 129 Å². The molecule has 1 aliphatic rings. The van der Waals surface area contributed by atoms with Gasteiger partial charge >= 0.3 is 118 Å². The Morgan fingerprint density at radius 2 is 1.31 bits per heavy atom. The largest absolute Gasteiger partial charge is 1.00 e. The molecule has 1 aliphatic carbocycles. The van der Waals surface area contributed by atoms with Crippen molar-refractivity contribution in [3.05, 3.63) is 94.4 Å². The number of fused-ring (bicyclic) bond motifs is 2. The number of carbonyl (C=O) groups excluding carboxylic acids is 2. The van der Waals surface area contributed by atoms with Gasteiger partial charge in [-0.25, -0.2) is 42.1 Å². The van der Waals surface area contributed by atoms with Gasteiger partial charge in [-0.3, -0.25) is 19.2 Å². The first kappa shape index (κ1) is 55.1. The standard InChI is InChI=1S/C29H23N3O17S5.4Na/c33-27-25-18(13-20(51(37,38)39)15-23(25)30-29(34)16-4-2-1-3-5-16)14-24(52(40,41)42)26(27)32-31-22-9-6-17-12-19(7-8-21(17)28(22)53(43,44)45)50(35,36)11-10-49-54(46,47)48;;;;/h1-9,12-15,31H,10-11H2,(H,30,34)(H,37,38,39)(H,40,41,42)(H,43,44,45)(H,46,47,48);;;;/q;4*+1/p-4/b32-26+;;;;. The molecule has 0 atom stereocenters. The van der Waals surface area contributed by atoms with Crippen LogP contribution >= 0.6 is 0 Å². The van der Waals surface area contributed by atoms with Crippen LogP contribution in [-0.4, -0.2) is 90.1 Å². The van der Waals surface area contributed by atoms with Crippen LogP contribution in [0.25, 0.3) is 16.8 Å². The number of nitrogens with zero attached hydrogens (tertiary/aromatic N) is 1. The minimum absolute atomic E-state index is 0. The molecule has 5 rings (SSSR count). The van der Waals surface area contributed by atoms with E-state index >= 15 is 0 Å². The van der Waals surface area contributed by atoms with Crippen molar-refractivity contribution in [1.82, 2.24) is 0 Å². The molecular formula is C29H19N3Na4O17S5. The third kappa shape index (κ3) is 13.3. The Balaban J connectivity index is 0.00000420. The van der Waals surface area contributed by atoms with Crippen molar-refractivity contribution in [2.45, 2.75) is 14.7 Å². The number of hydrogen-bond donors (Lipinski definition) is 2. The normalized spacial score (nSPS) is 13.8. The van der Waals surface area contributed by atoms with Crippen LogP contribution in [0.3, 0.4) is 0 Å². The predicted octanol–water partition coefficient (Wildman–Crippen LogP) is -11.3. The monoisotopic (exact) mass is 933 g/mol. The molecule has 0 heterocycles. The quantitative estimate of drug-likeness (QED) is 0.0576. The Morgan fingerprint density at radius 1 is 0.690 bits per heavy atom. The van der Waals surface area contributed by atoms with Crippen molar-refractivity contribution in [1.29, 1.82) is 0 Å². The third-order valence-corrected chi connectivity index (χ3v) is 12.1. The number of Topliss-reactive ketones (excluding diaryl/α,β-unsaturated/α-hetero) is 1. The number of hydrogen-bond acceptors (Lipinski definition) is 19. The van der Waals surface area contributed by atoms with Gasteiger partial charge in [0.25, 0.3) is 5.91 Å². The molecule has 0 aliphatic heterocycles. The zero-order valence-corrected chi connectivity index (χ0v) is 42.4. The van der Waals surface area contributed by atoms with Crippen LogP contribution in [0, 0.1) is 0 Å². The molecule has 4 aromatic carbocycles. The van der Waals surface area contributed by atoms with E-state index in [1.54, 1.807) is 6.07 Å². The molecule has 20 nitrogen and oxygen atoms in total. The predicted molar refractivity (Wildman–Crippen MR) is 181 cm³/mol. The summed E-state index contributed by atoms with van der Waals surface area (Å²) in [6.45, 7) is -1.05. The molecule has 0 radical (unpaired) electrons. The molecule has 29 heteroatoms. The Hall–Kier alpha value is -0.960. The molecule has 0 saturated carbocycles. The second-order valence-electron chi connectivity index (χ2n) is 10.9. The maximum absolute atomic E-state index is 13.9. The molecule has 286 valence electrons. The molecule has 0 spiro atoms. The number of hydrazone groups is 1. The Kier molecular flexibility index (Phi) is 19.9. The van der Waals surface area contributed by atoms with Crippen molar-refractivity contribution in [2.24, 2.45) is 5.10 Å². The van der Waals surface area contributed by atoms with E-state index in [2.05, 4.69) is 14.6 Å². The first-order valence-corrected chi connectivity index (χ1v) is 21.5. The molecule has 0 unspecified atom stereocenters. The van der Waals surface area contributed by atoms with Gasteiger partial charge in [-0.15, -0.1) is 0 Å². The van der Waals surface area contributed by atoms with Gasteiger partial charge in [0, 0.05) is 10.9 Å². The molecular weight excluding hydrogens is 915 g/mol. The van der Waals surface area contributed by atoms with Crippen LogP contribution in [0.2, 0.25) is 0 Å². The van der Waals surface area contributed by atoms with E-state index < -0.39 is 128 Å². The van der Waals surface area contributed by atoms with Crippen molar-refractivity contribution in [2.75, 3.05) is 23.1 Å². The topological polar surface area (TPSA) is 343 Å². The summed E-state index contributed by atoms with van der Waals surface area (Å²) >= 11 is 0. The van der Waals surface area contributed by atoms with Crippen LogP contribution in [0.4, 0.5) is 11.4 Å². The Labute approximate surface area is 419 Å². The summed E-state index contributed by atoms with van der Waals surface area (Å²) < 4.78 is 171. The number of ketones is 1. The van der Waals surface area contributed by atoms with E-state index in [1.165, 1.54) is 24.3 Å². The van der Waals surface area contributed by atoms with Gasteiger partial charge in [-0.05, 0) is 59.5 Å². The summed E-state index contributed by atoms with van der Waals surface area (Å²) in [5.74, 6) is -3.37. The number of benzene rings is 4. The number of carbonyl (C=O) groups is 2. The van der Waals surface area contributed by atoms with Crippen LogP contribution in [-0.2, 0) is 54.8 Å². The van der Waals surface area contributed by atoms with Crippen molar-refractivity contribution >= 4 is 96.2 Å². The molecule has 58 heavy (non-hydrogen) atoms. The first-order valence-electron chi connectivity index (χ1n) is 14.3. The van der Waals surface area contributed by atoms with E-state index in [0.29, 0.717) is 18.2 Å². The van der Waals surface area contributed by atoms with E-state index in [9.17, 15) is 69.9 Å². The summed E-state index contributed by atoms with van der Waals surface area (Å²) in [5, 5.41) is 5.23. The average Bonchev–Trinajstić information content (AvgIpc) is 3.05. The van der Waals surface area contributed by atoms with E-state index in [4.69, 9.17) is 0 Å². The Bertz CT molecular complexity index is 2910. The van der Waals surface area contributed by atoms with Crippen molar-refractivity contribution in [3.8, 4) is 0 Å². The summed E-state index contributed by atoms with van der Waals surface area (Å²) in [6, 6.07) is 12.9. The van der Waals surface area contributed by atoms with Gasteiger partial charge in [-0.2, -0.15) is 5.10 Å². The summed E-state index contributed by atoms with van der Waals surface area (Å²) in [4.78, 5) is 22.8. The fourth-order valence-corrected chi connectivity index (χ4v) is 8.61. The van der Waals surface area contributed by atoms with E-state index in [0.717, 1.165) is 30.3 Å². The van der Waals surface area contributed by atoms with Crippen LogP contribution in [0.1, 0.15) is 26.3 Å². The average molecular weight is 934 g/mol. The maximum Gasteiger partial charge on any atom is 1.00 e. The fraction of sp³-hybridized carbons (Fsp3) is 0.0690. The van der Waals surface area contributed by atoms with Crippen LogP contribution in [0.15, 0.2) is 97.5 Å². The molecule has 0 aromatic heterocycles. The number of rotatable bonds is 12. The smallest absolute Gasteiger partial charge is 0.744 e. The van der Waals surface area contributed by atoms with Gasteiger partial charge in [0.05, 0.1) is 48.9 Å². The summed E-state index contributed by atoms with van der Waals surface area (Å²) in [6.07, 6.45) is 0.484. The summed E-state index contributed by atoms with van der Waals surface area (Å²) in [7, 11) is -26.1. The number of allylic oxidation sites excluding steroid dienone is 1. The van der Waals surface area contributed by atoms with Crippen molar-refractivity contribution in [3.63, 3.8) is 0 Å². The van der Waals surface area contributed by atoms with Gasteiger partial charge < -0.3 is 23.5 Å². The number of sulfone groups is 1. The maximum atomic E-state index is 13.9. The minimum atomic E-state index is -5.68.